The lowest BCUT2D eigenvalue weighted by atomic mass is 10.0. The van der Waals surface area contributed by atoms with Crippen LogP contribution >= 0.6 is 0 Å². The summed E-state index contributed by atoms with van der Waals surface area (Å²) in [6.07, 6.45) is 0. The first-order valence-corrected chi connectivity index (χ1v) is 7.37. The number of sulfonamides is 1. The number of nitrogens with zero attached hydrogens (tertiary/aromatic N) is 1. The fourth-order valence-corrected chi connectivity index (χ4v) is 3.28. The van der Waals surface area contributed by atoms with Crippen molar-refractivity contribution >= 4 is 21.5 Å². The van der Waals surface area contributed by atoms with Gasteiger partial charge in [-0.3, -0.25) is 4.72 Å². The lowest BCUT2D eigenvalue weighted by Crippen LogP contribution is -2.26. The monoisotopic (exact) mass is 285 g/mol. The third-order valence-corrected chi connectivity index (χ3v) is 3.96. The largest absolute Gasteiger partial charge is 0.409 e. The second-order valence-electron chi connectivity index (χ2n) is 5.49. The van der Waals surface area contributed by atoms with Gasteiger partial charge in [-0.2, -0.15) is 0 Å². The Bertz CT molecular complexity index is 574. The minimum Gasteiger partial charge on any atom is -0.409 e. The van der Waals surface area contributed by atoms with E-state index in [0.29, 0.717) is 11.3 Å². The van der Waals surface area contributed by atoms with Crippen molar-refractivity contribution in [2.24, 2.45) is 16.3 Å². The second kappa shape index (κ2) is 5.48. The highest BCUT2D eigenvalue weighted by Gasteiger charge is 2.21. The second-order valence-corrected chi connectivity index (χ2v) is 7.21. The molecule has 0 amide bonds. The third-order valence-electron chi connectivity index (χ3n) is 2.16. The number of amidine groups is 1. The summed E-state index contributed by atoms with van der Waals surface area (Å²) in [4.78, 5) is 0. The Morgan fingerprint density at radius 1 is 1.42 bits per heavy atom. The Morgan fingerprint density at radius 3 is 2.58 bits per heavy atom. The van der Waals surface area contributed by atoms with Gasteiger partial charge in [-0.25, -0.2) is 8.42 Å². The highest BCUT2D eigenvalue weighted by atomic mass is 32.2. The molecule has 106 valence electrons. The van der Waals surface area contributed by atoms with Gasteiger partial charge in [-0.1, -0.05) is 38.1 Å². The van der Waals surface area contributed by atoms with Crippen LogP contribution < -0.4 is 10.5 Å². The normalized spacial score (nSPS) is 13.3. The van der Waals surface area contributed by atoms with Gasteiger partial charge in [0.05, 0.1) is 5.75 Å². The standard InChI is InChI=1S/C12H19N3O3S/c1-12(2,3)8-19(17,18)15-10-6-4-5-9(7-10)11(13)14-16/h4-7,15-16H,8H2,1-3H3,(H2,13,14). The first-order chi connectivity index (χ1) is 8.63. The molecule has 4 N–H and O–H groups in total. The molecule has 0 radical (unpaired) electrons. The smallest absolute Gasteiger partial charge is 0.233 e. The molecule has 0 heterocycles. The number of nitrogens with two attached hydrogens (primary N) is 1. The lowest BCUT2D eigenvalue weighted by molar-refractivity contribution is 0.318. The van der Waals surface area contributed by atoms with Crippen LogP contribution in [0.5, 0.6) is 0 Å². The number of hydrogen-bond acceptors (Lipinski definition) is 4. The van der Waals surface area contributed by atoms with Crippen molar-refractivity contribution < 1.29 is 13.6 Å². The van der Waals surface area contributed by atoms with Crippen LogP contribution in [0.4, 0.5) is 5.69 Å². The maximum absolute atomic E-state index is 11.9. The number of oxime groups is 1. The number of hydrogen-bond donors (Lipinski definition) is 3. The quantitative estimate of drug-likeness (QED) is 0.338. The molecule has 0 aliphatic carbocycles. The summed E-state index contributed by atoms with van der Waals surface area (Å²) in [6, 6.07) is 6.36. The van der Waals surface area contributed by atoms with Crippen molar-refractivity contribution in [3.8, 4) is 0 Å². The number of rotatable bonds is 4. The van der Waals surface area contributed by atoms with E-state index >= 15 is 0 Å². The van der Waals surface area contributed by atoms with E-state index in [9.17, 15) is 8.42 Å². The molecule has 1 aromatic rings. The van der Waals surface area contributed by atoms with Gasteiger partial charge in [0, 0.05) is 11.3 Å². The summed E-state index contributed by atoms with van der Waals surface area (Å²) in [5.74, 6) is -0.0646. The van der Waals surface area contributed by atoms with Gasteiger partial charge >= 0.3 is 0 Å². The van der Waals surface area contributed by atoms with E-state index in [0.717, 1.165) is 0 Å². The molecule has 0 bridgehead atoms. The molecule has 0 aromatic heterocycles. The lowest BCUT2D eigenvalue weighted by Gasteiger charge is -2.18. The van der Waals surface area contributed by atoms with Gasteiger partial charge in [0.2, 0.25) is 10.0 Å². The van der Waals surface area contributed by atoms with Crippen LogP contribution in [0.2, 0.25) is 0 Å². The van der Waals surface area contributed by atoms with Crippen LogP contribution in [0, 0.1) is 5.41 Å². The van der Waals surface area contributed by atoms with Crippen molar-refractivity contribution in [2.75, 3.05) is 10.5 Å². The van der Waals surface area contributed by atoms with E-state index in [4.69, 9.17) is 10.9 Å². The van der Waals surface area contributed by atoms with Crippen molar-refractivity contribution in [2.45, 2.75) is 20.8 Å². The number of benzene rings is 1. The van der Waals surface area contributed by atoms with Crippen LogP contribution in [0.25, 0.3) is 0 Å². The minimum absolute atomic E-state index is 0.00774. The zero-order valence-corrected chi connectivity index (χ0v) is 12.0. The van der Waals surface area contributed by atoms with Gasteiger partial charge in [0.1, 0.15) is 0 Å². The molecule has 0 saturated carbocycles. The van der Waals surface area contributed by atoms with Gasteiger partial charge in [-0.05, 0) is 17.5 Å². The van der Waals surface area contributed by atoms with Gasteiger partial charge < -0.3 is 10.9 Å². The minimum atomic E-state index is -3.43. The summed E-state index contributed by atoms with van der Waals surface area (Å²) < 4.78 is 26.4. The summed E-state index contributed by atoms with van der Waals surface area (Å²) in [5, 5.41) is 11.5. The van der Waals surface area contributed by atoms with Crippen molar-refractivity contribution in [1.82, 2.24) is 0 Å². The SMILES string of the molecule is CC(C)(C)CS(=O)(=O)Nc1cccc(C(N)=NO)c1. The topological polar surface area (TPSA) is 105 Å². The first kappa shape index (κ1) is 15.3. The van der Waals surface area contributed by atoms with Crippen molar-refractivity contribution in [3.05, 3.63) is 29.8 Å². The summed E-state index contributed by atoms with van der Waals surface area (Å²) >= 11 is 0. The summed E-state index contributed by atoms with van der Waals surface area (Å²) in [5.41, 5.74) is 5.94. The zero-order valence-electron chi connectivity index (χ0n) is 11.2. The van der Waals surface area contributed by atoms with Crippen molar-refractivity contribution in [1.29, 1.82) is 0 Å². The first-order valence-electron chi connectivity index (χ1n) is 5.71. The van der Waals surface area contributed by atoms with Gasteiger partial charge in [0.25, 0.3) is 0 Å². The van der Waals surface area contributed by atoms with E-state index in [2.05, 4.69) is 9.88 Å². The molecule has 0 saturated heterocycles. The molecule has 0 aliphatic heterocycles. The van der Waals surface area contributed by atoms with E-state index < -0.39 is 10.0 Å². The molecule has 6 nitrogen and oxygen atoms in total. The predicted molar refractivity (Wildman–Crippen MR) is 75.8 cm³/mol. The maximum atomic E-state index is 11.9. The number of nitrogens with one attached hydrogen (secondary N) is 1. The molecule has 1 aromatic carbocycles. The Labute approximate surface area is 113 Å². The molecule has 7 heteroatoms. The van der Waals surface area contributed by atoms with Crippen LogP contribution in [-0.4, -0.2) is 25.2 Å². The Kier molecular flexibility index (Phi) is 4.41. The molecule has 0 fully saturated rings. The summed E-state index contributed by atoms with van der Waals surface area (Å²) in [7, 11) is -3.43. The highest BCUT2D eigenvalue weighted by molar-refractivity contribution is 7.92. The van der Waals surface area contributed by atoms with Crippen molar-refractivity contribution in [3.63, 3.8) is 0 Å². The zero-order chi connectivity index (χ0) is 14.7. The Balaban J connectivity index is 2.95. The predicted octanol–water partition coefficient (Wildman–Crippen LogP) is 1.57. The summed E-state index contributed by atoms with van der Waals surface area (Å²) in [6.45, 7) is 5.54. The molecular formula is C12H19N3O3S. The molecule has 19 heavy (non-hydrogen) atoms. The maximum Gasteiger partial charge on any atom is 0.233 e. The third kappa shape index (κ3) is 5.17. The van der Waals surface area contributed by atoms with Crippen LogP contribution in [0.3, 0.4) is 0 Å². The van der Waals surface area contributed by atoms with Crippen LogP contribution in [-0.2, 0) is 10.0 Å². The average molecular weight is 285 g/mol. The van der Waals surface area contributed by atoms with Crippen LogP contribution in [0.1, 0.15) is 26.3 Å². The van der Waals surface area contributed by atoms with Gasteiger partial charge in [0.15, 0.2) is 5.84 Å². The molecular weight excluding hydrogens is 266 g/mol. The molecule has 0 atom stereocenters. The Hall–Kier alpha value is -1.76. The molecule has 0 spiro atoms. The number of anilines is 1. The van der Waals surface area contributed by atoms with E-state index in [1.54, 1.807) is 18.2 Å². The molecule has 0 aliphatic rings. The van der Waals surface area contributed by atoms with Gasteiger partial charge in [-0.15, -0.1) is 0 Å². The van der Waals surface area contributed by atoms with E-state index in [1.807, 2.05) is 20.8 Å². The molecule has 0 unspecified atom stereocenters. The highest BCUT2D eigenvalue weighted by Crippen LogP contribution is 2.19. The Morgan fingerprint density at radius 2 is 2.05 bits per heavy atom. The average Bonchev–Trinajstić information content (AvgIpc) is 2.24. The van der Waals surface area contributed by atoms with E-state index in [-0.39, 0.29) is 17.0 Å². The molecule has 1 rings (SSSR count). The fraction of sp³-hybridized carbons (Fsp3) is 0.417. The fourth-order valence-electron chi connectivity index (χ4n) is 1.59. The van der Waals surface area contributed by atoms with E-state index in [1.165, 1.54) is 6.07 Å². The van der Waals surface area contributed by atoms with Crippen LogP contribution in [0.15, 0.2) is 29.4 Å².